The van der Waals surface area contributed by atoms with Crippen molar-refractivity contribution in [3.8, 4) is 5.75 Å². The molecular formula is C18H17FN2O2. The van der Waals surface area contributed by atoms with Crippen LogP contribution >= 0.6 is 0 Å². The van der Waals surface area contributed by atoms with Gasteiger partial charge in [0, 0.05) is 13.3 Å². The third-order valence-corrected chi connectivity index (χ3v) is 3.89. The summed E-state index contributed by atoms with van der Waals surface area (Å²) in [7, 11) is 1.61. The molecule has 1 heterocycles. The molecule has 1 atom stereocenters. The van der Waals surface area contributed by atoms with Crippen LogP contribution < -0.4 is 4.74 Å². The SMILES string of the molecule is COc1cccc(C2CC(c3ccc(F)cc3)=NN2C(C)=O)c1. The first-order chi connectivity index (χ1) is 11.1. The Bertz CT molecular complexity index is 756. The van der Waals surface area contributed by atoms with Gasteiger partial charge in [-0.05, 0) is 35.4 Å². The normalized spacial score (nSPS) is 17.1. The second-order valence-electron chi connectivity index (χ2n) is 5.41. The number of hydrazone groups is 1. The van der Waals surface area contributed by atoms with Crippen LogP contribution in [0.5, 0.6) is 5.75 Å². The summed E-state index contributed by atoms with van der Waals surface area (Å²) in [6.45, 7) is 1.49. The Morgan fingerprint density at radius 2 is 2.00 bits per heavy atom. The van der Waals surface area contributed by atoms with Gasteiger partial charge in [-0.15, -0.1) is 0 Å². The topological polar surface area (TPSA) is 41.9 Å². The quantitative estimate of drug-likeness (QED) is 0.870. The Balaban J connectivity index is 1.93. The monoisotopic (exact) mass is 312 g/mol. The lowest BCUT2D eigenvalue weighted by Crippen LogP contribution is -2.24. The van der Waals surface area contributed by atoms with Crippen LogP contribution in [0.4, 0.5) is 4.39 Å². The highest BCUT2D eigenvalue weighted by Crippen LogP contribution is 2.34. The summed E-state index contributed by atoms with van der Waals surface area (Å²) >= 11 is 0. The predicted octanol–water partition coefficient (Wildman–Crippen LogP) is 3.53. The van der Waals surface area contributed by atoms with Crippen LogP contribution in [0.1, 0.15) is 30.5 Å². The molecule has 0 N–H and O–H groups in total. The molecule has 0 aliphatic carbocycles. The van der Waals surface area contributed by atoms with Gasteiger partial charge in [-0.1, -0.05) is 24.3 Å². The number of nitrogens with zero attached hydrogens (tertiary/aromatic N) is 2. The molecule has 3 rings (SSSR count). The lowest BCUT2D eigenvalue weighted by molar-refractivity contribution is -0.130. The van der Waals surface area contributed by atoms with Crippen molar-refractivity contribution in [2.24, 2.45) is 5.10 Å². The highest BCUT2D eigenvalue weighted by atomic mass is 19.1. The number of amides is 1. The molecule has 0 saturated carbocycles. The number of carbonyl (C=O) groups is 1. The Morgan fingerprint density at radius 1 is 1.26 bits per heavy atom. The van der Waals surface area contributed by atoms with E-state index >= 15 is 0 Å². The van der Waals surface area contributed by atoms with Gasteiger partial charge in [-0.2, -0.15) is 5.10 Å². The van der Waals surface area contributed by atoms with Crippen molar-refractivity contribution in [1.29, 1.82) is 0 Å². The van der Waals surface area contributed by atoms with Crippen molar-refractivity contribution >= 4 is 11.6 Å². The summed E-state index contributed by atoms with van der Waals surface area (Å²) in [6.07, 6.45) is 0.582. The van der Waals surface area contributed by atoms with Crippen LogP contribution in [-0.2, 0) is 4.79 Å². The summed E-state index contributed by atoms with van der Waals surface area (Å²) in [5, 5.41) is 5.92. The first-order valence-electron chi connectivity index (χ1n) is 7.35. The Kier molecular flexibility index (Phi) is 4.10. The zero-order valence-electron chi connectivity index (χ0n) is 13.0. The summed E-state index contributed by atoms with van der Waals surface area (Å²) < 4.78 is 18.3. The molecule has 1 aliphatic heterocycles. The molecule has 0 fully saturated rings. The van der Waals surface area contributed by atoms with Crippen LogP contribution in [0.2, 0.25) is 0 Å². The first-order valence-corrected chi connectivity index (χ1v) is 7.35. The molecule has 0 radical (unpaired) electrons. The van der Waals surface area contributed by atoms with E-state index in [4.69, 9.17) is 4.74 Å². The van der Waals surface area contributed by atoms with Gasteiger partial charge >= 0.3 is 0 Å². The second-order valence-corrected chi connectivity index (χ2v) is 5.41. The standard InChI is InChI=1S/C18H17FN2O2/c1-12(22)21-18(14-4-3-5-16(10-14)23-2)11-17(20-21)13-6-8-15(19)9-7-13/h3-10,18H,11H2,1-2H3. The zero-order chi connectivity index (χ0) is 16.4. The fraction of sp³-hybridized carbons (Fsp3) is 0.222. The zero-order valence-corrected chi connectivity index (χ0v) is 13.0. The minimum atomic E-state index is -0.292. The van der Waals surface area contributed by atoms with Gasteiger partial charge in [0.2, 0.25) is 5.91 Å². The fourth-order valence-electron chi connectivity index (χ4n) is 2.73. The van der Waals surface area contributed by atoms with Crippen molar-refractivity contribution in [1.82, 2.24) is 5.01 Å². The fourth-order valence-corrected chi connectivity index (χ4v) is 2.73. The van der Waals surface area contributed by atoms with Gasteiger partial charge in [0.25, 0.3) is 0 Å². The maximum absolute atomic E-state index is 13.1. The molecule has 0 saturated heterocycles. The van der Waals surface area contributed by atoms with E-state index in [0.717, 1.165) is 22.6 Å². The van der Waals surface area contributed by atoms with Gasteiger partial charge in [0.15, 0.2) is 0 Å². The van der Waals surface area contributed by atoms with Gasteiger partial charge in [-0.25, -0.2) is 9.40 Å². The molecule has 4 nitrogen and oxygen atoms in total. The van der Waals surface area contributed by atoms with E-state index in [1.807, 2.05) is 24.3 Å². The first kappa shape index (κ1) is 15.2. The number of methoxy groups -OCH3 is 1. The molecule has 1 unspecified atom stereocenters. The van der Waals surface area contributed by atoms with Gasteiger partial charge in [0.1, 0.15) is 11.6 Å². The van der Waals surface area contributed by atoms with E-state index in [1.54, 1.807) is 19.2 Å². The number of hydrogen-bond donors (Lipinski definition) is 0. The third-order valence-electron chi connectivity index (χ3n) is 3.89. The van der Waals surface area contributed by atoms with Crippen molar-refractivity contribution in [2.75, 3.05) is 7.11 Å². The third kappa shape index (κ3) is 3.08. The van der Waals surface area contributed by atoms with Crippen molar-refractivity contribution in [2.45, 2.75) is 19.4 Å². The number of carbonyl (C=O) groups excluding carboxylic acids is 1. The molecule has 0 bridgehead atoms. The van der Waals surface area contributed by atoms with E-state index in [9.17, 15) is 9.18 Å². The van der Waals surface area contributed by atoms with Crippen molar-refractivity contribution in [3.05, 3.63) is 65.5 Å². The molecule has 1 amide bonds. The van der Waals surface area contributed by atoms with Gasteiger partial charge in [-0.3, -0.25) is 4.79 Å². The largest absolute Gasteiger partial charge is 0.497 e. The number of benzene rings is 2. The Hall–Kier alpha value is -2.69. The van der Waals surface area contributed by atoms with Crippen LogP contribution in [0, 0.1) is 5.82 Å². The van der Waals surface area contributed by atoms with E-state index < -0.39 is 0 Å². The van der Waals surface area contributed by atoms with E-state index in [1.165, 1.54) is 24.1 Å². The predicted molar refractivity (Wildman–Crippen MR) is 85.8 cm³/mol. The molecule has 118 valence electrons. The molecule has 23 heavy (non-hydrogen) atoms. The highest BCUT2D eigenvalue weighted by molar-refractivity contribution is 6.03. The molecule has 5 heteroatoms. The van der Waals surface area contributed by atoms with Crippen molar-refractivity contribution in [3.63, 3.8) is 0 Å². The maximum Gasteiger partial charge on any atom is 0.240 e. The van der Waals surface area contributed by atoms with E-state index in [2.05, 4.69) is 5.10 Å². The Morgan fingerprint density at radius 3 is 2.65 bits per heavy atom. The molecule has 2 aromatic rings. The average molecular weight is 312 g/mol. The molecule has 0 aromatic heterocycles. The van der Waals surface area contributed by atoms with Crippen LogP contribution in [-0.4, -0.2) is 23.7 Å². The smallest absolute Gasteiger partial charge is 0.240 e. The lowest BCUT2D eigenvalue weighted by atomic mass is 9.98. The molecule has 2 aromatic carbocycles. The van der Waals surface area contributed by atoms with Crippen LogP contribution in [0.3, 0.4) is 0 Å². The lowest BCUT2D eigenvalue weighted by Gasteiger charge is -2.20. The number of halogens is 1. The summed E-state index contributed by atoms with van der Waals surface area (Å²) in [5.41, 5.74) is 2.55. The minimum absolute atomic E-state index is 0.130. The maximum atomic E-state index is 13.1. The average Bonchev–Trinajstić information content (AvgIpc) is 3.01. The summed E-state index contributed by atoms with van der Waals surface area (Å²) in [6, 6.07) is 13.6. The van der Waals surface area contributed by atoms with Gasteiger partial charge < -0.3 is 4.74 Å². The number of rotatable bonds is 3. The molecule has 1 aliphatic rings. The molecular weight excluding hydrogens is 295 g/mol. The number of ether oxygens (including phenoxy) is 1. The molecule has 0 spiro atoms. The van der Waals surface area contributed by atoms with Crippen LogP contribution in [0.15, 0.2) is 53.6 Å². The van der Waals surface area contributed by atoms with E-state index in [-0.39, 0.29) is 17.8 Å². The Labute approximate surface area is 134 Å². The minimum Gasteiger partial charge on any atom is -0.497 e. The summed E-state index contributed by atoms with van der Waals surface area (Å²) in [5.74, 6) is 0.316. The van der Waals surface area contributed by atoms with Crippen molar-refractivity contribution < 1.29 is 13.9 Å². The highest BCUT2D eigenvalue weighted by Gasteiger charge is 2.31. The second kappa shape index (κ2) is 6.20. The number of hydrogen-bond acceptors (Lipinski definition) is 3. The van der Waals surface area contributed by atoms with Crippen LogP contribution in [0.25, 0.3) is 0 Å². The van der Waals surface area contributed by atoms with E-state index in [0.29, 0.717) is 6.42 Å². The van der Waals surface area contributed by atoms with Gasteiger partial charge in [0.05, 0.1) is 18.9 Å². The summed E-state index contributed by atoms with van der Waals surface area (Å²) in [4.78, 5) is 11.9.